The number of rotatable bonds is 6. The van der Waals surface area contributed by atoms with Crippen molar-refractivity contribution in [2.45, 2.75) is 45.9 Å². The van der Waals surface area contributed by atoms with Crippen LogP contribution in [-0.2, 0) is 0 Å². The molecule has 2 aliphatic rings. The summed E-state index contributed by atoms with van der Waals surface area (Å²) in [5, 5.41) is 1.80. The van der Waals surface area contributed by atoms with Crippen molar-refractivity contribution in [3.63, 3.8) is 0 Å². The lowest BCUT2D eigenvalue weighted by Crippen LogP contribution is -2.40. The number of pyridine rings is 1. The van der Waals surface area contributed by atoms with Crippen molar-refractivity contribution < 1.29 is 14.3 Å². The molecular formula is C22H29N5O3. The van der Waals surface area contributed by atoms with Crippen molar-refractivity contribution in [3.05, 3.63) is 30.0 Å². The van der Waals surface area contributed by atoms with Gasteiger partial charge in [0.2, 0.25) is 0 Å². The van der Waals surface area contributed by atoms with Gasteiger partial charge < -0.3 is 25.2 Å². The smallest absolute Gasteiger partial charge is 0.320 e. The molecule has 0 radical (unpaired) electrons. The number of aromatic nitrogens is 1. The first-order valence-electron chi connectivity index (χ1n) is 10.6. The SMILES string of the molecule is CCN1C(=O)N(CC)C2CN(c3nccc4cc(C(N)=O)c(OC(C)C)cc34)CC21. The van der Waals surface area contributed by atoms with E-state index in [1.54, 1.807) is 12.3 Å². The van der Waals surface area contributed by atoms with Crippen LogP contribution in [0, 0.1) is 0 Å². The van der Waals surface area contributed by atoms with E-state index in [0.29, 0.717) is 24.4 Å². The molecule has 3 heterocycles. The highest BCUT2D eigenvalue weighted by atomic mass is 16.5. The van der Waals surface area contributed by atoms with Crippen LogP contribution in [0.2, 0.25) is 0 Å². The molecule has 1 aromatic carbocycles. The topological polar surface area (TPSA) is 92.0 Å². The highest BCUT2D eigenvalue weighted by Gasteiger charge is 2.49. The standard InChI is InChI=1S/C22H29N5O3/c1-5-26-17-11-25(12-18(17)27(6-2)22(26)29)21-15-10-19(30-13(3)4)16(20(23)28)9-14(15)7-8-24-21/h7-10,13,17-18H,5-6,11-12H2,1-4H3,(H2,23,28). The highest BCUT2D eigenvalue weighted by molar-refractivity contribution is 6.03. The number of primary amides is 1. The molecule has 2 N–H and O–H groups in total. The van der Waals surface area contributed by atoms with Gasteiger partial charge in [-0.25, -0.2) is 9.78 Å². The quantitative estimate of drug-likeness (QED) is 0.788. The minimum atomic E-state index is -0.516. The molecule has 2 saturated heterocycles. The van der Waals surface area contributed by atoms with Gasteiger partial charge in [0.15, 0.2) is 0 Å². The number of anilines is 1. The maximum Gasteiger partial charge on any atom is 0.320 e. The summed E-state index contributed by atoms with van der Waals surface area (Å²) in [5.74, 6) is 0.794. The number of benzene rings is 1. The Labute approximate surface area is 176 Å². The fourth-order valence-electron chi connectivity index (χ4n) is 4.73. The van der Waals surface area contributed by atoms with Gasteiger partial charge in [0, 0.05) is 37.8 Å². The molecule has 8 heteroatoms. The van der Waals surface area contributed by atoms with Gasteiger partial charge in [-0.1, -0.05) is 0 Å². The lowest BCUT2D eigenvalue weighted by Gasteiger charge is -2.26. The number of hydrogen-bond acceptors (Lipinski definition) is 5. The number of hydrogen-bond donors (Lipinski definition) is 1. The Balaban J connectivity index is 1.75. The molecule has 8 nitrogen and oxygen atoms in total. The van der Waals surface area contributed by atoms with Crippen molar-refractivity contribution >= 4 is 28.5 Å². The molecule has 1 aromatic heterocycles. The van der Waals surface area contributed by atoms with Crippen LogP contribution in [0.5, 0.6) is 5.75 Å². The number of nitrogens with zero attached hydrogens (tertiary/aromatic N) is 4. The third-order valence-corrected chi connectivity index (χ3v) is 6.00. The molecule has 0 saturated carbocycles. The normalized spacial score (nSPS) is 21.1. The van der Waals surface area contributed by atoms with Crippen molar-refractivity contribution in [2.24, 2.45) is 5.73 Å². The minimum absolute atomic E-state index is 0.0888. The molecule has 3 amide bonds. The Morgan fingerprint density at radius 1 is 1.20 bits per heavy atom. The van der Waals surface area contributed by atoms with Crippen molar-refractivity contribution in [1.82, 2.24) is 14.8 Å². The lowest BCUT2D eigenvalue weighted by atomic mass is 10.1. The van der Waals surface area contributed by atoms with Crippen LogP contribution in [0.1, 0.15) is 38.1 Å². The lowest BCUT2D eigenvalue weighted by molar-refractivity contribution is 0.0994. The molecule has 30 heavy (non-hydrogen) atoms. The predicted molar refractivity (Wildman–Crippen MR) is 116 cm³/mol. The first-order valence-corrected chi connectivity index (χ1v) is 10.6. The second-order valence-electron chi connectivity index (χ2n) is 8.13. The summed E-state index contributed by atoms with van der Waals surface area (Å²) in [5.41, 5.74) is 5.96. The molecule has 2 unspecified atom stereocenters. The fraction of sp³-hybridized carbons (Fsp3) is 0.500. The number of amides is 3. The van der Waals surface area contributed by atoms with E-state index in [-0.39, 0.29) is 24.2 Å². The van der Waals surface area contributed by atoms with Crippen LogP contribution in [-0.4, -0.2) is 71.1 Å². The summed E-state index contributed by atoms with van der Waals surface area (Å²) in [4.78, 5) is 35.4. The number of nitrogens with two attached hydrogens (primary N) is 1. The van der Waals surface area contributed by atoms with Gasteiger partial charge in [0.05, 0.1) is 23.8 Å². The largest absolute Gasteiger partial charge is 0.490 e. The van der Waals surface area contributed by atoms with E-state index < -0.39 is 5.91 Å². The monoisotopic (exact) mass is 411 g/mol. The fourth-order valence-corrected chi connectivity index (χ4v) is 4.73. The Morgan fingerprint density at radius 2 is 1.83 bits per heavy atom. The number of fused-ring (bicyclic) bond motifs is 2. The summed E-state index contributed by atoms with van der Waals surface area (Å²) >= 11 is 0. The van der Waals surface area contributed by atoms with Crippen LogP contribution in [0.15, 0.2) is 24.4 Å². The van der Waals surface area contributed by atoms with Crippen LogP contribution in [0.4, 0.5) is 10.6 Å². The zero-order chi connectivity index (χ0) is 21.6. The Kier molecular flexibility index (Phi) is 5.17. The second kappa shape index (κ2) is 7.66. The molecular weight excluding hydrogens is 382 g/mol. The zero-order valence-corrected chi connectivity index (χ0v) is 18.0. The molecule has 160 valence electrons. The number of ether oxygens (including phenoxy) is 1. The summed E-state index contributed by atoms with van der Waals surface area (Å²) in [6, 6.07) is 5.94. The predicted octanol–water partition coefficient (Wildman–Crippen LogP) is 2.46. The van der Waals surface area contributed by atoms with Crippen molar-refractivity contribution in [1.29, 1.82) is 0 Å². The Bertz CT molecular complexity index is 970. The van der Waals surface area contributed by atoms with E-state index in [1.807, 2.05) is 49.6 Å². The van der Waals surface area contributed by atoms with Gasteiger partial charge in [0.1, 0.15) is 11.6 Å². The molecule has 0 bridgehead atoms. The molecule has 2 fully saturated rings. The van der Waals surface area contributed by atoms with Gasteiger partial charge in [-0.05, 0) is 51.3 Å². The van der Waals surface area contributed by atoms with Crippen LogP contribution in [0.25, 0.3) is 10.8 Å². The zero-order valence-electron chi connectivity index (χ0n) is 18.0. The van der Waals surface area contributed by atoms with E-state index in [0.717, 1.165) is 29.7 Å². The van der Waals surface area contributed by atoms with Gasteiger partial charge in [0.25, 0.3) is 5.91 Å². The number of carbonyl (C=O) groups excluding carboxylic acids is 2. The van der Waals surface area contributed by atoms with E-state index >= 15 is 0 Å². The van der Waals surface area contributed by atoms with E-state index in [4.69, 9.17) is 10.5 Å². The van der Waals surface area contributed by atoms with Crippen molar-refractivity contribution in [3.8, 4) is 5.75 Å². The maximum atomic E-state index is 12.6. The molecule has 0 spiro atoms. The average molecular weight is 412 g/mol. The van der Waals surface area contributed by atoms with Gasteiger partial charge in [-0.2, -0.15) is 0 Å². The molecule has 2 atom stereocenters. The van der Waals surface area contributed by atoms with Crippen LogP contribution in [0.3, 0.4) is 0 Å². The van der Waals surface area contributed by atoms with E-state index in [2.05, 4.69) is 9.88 Å². The highest BCUT2D eigenvalue weighted by Crippen LogP contribution is 2.36. The molecule has 0 aliphatic carbocycles. The molecule has 2 aliphatic heterocycles. The third-order valence-electron chi connectivity index (χ3n) is 6.00. The maximum absolute atomic E-state index is 12.6. The number of carbonyl (C=O) groups is 2. The minimum Gasteiger partial charge on any atom is -0.490 e. The average Bonchev–Trinajstić information content (AvgIpc) is 3.22. The summed E-state index contributed by atoms with van der Waals surface area (Å²) in [6.45, 7) is 10.7. The van der Waals surface area contributed by atoms with Gasteiger partial charge >= 0.3 is 6.03 Å². The van der Waals surface area contributed by atoms with Crippen LogP contribution >= 0.6 is 0 Å². The van der Waals surface area contributed by atoms with E-state index in [9.17, 15) is 9.59 Å². The Morgan fingerprint density at radius 3 is 2.37 bits per heavy atom. The number of likely N-dealkylation sites (N-methyl/N-ethyl adjacent to an activating group) is 2. The van der Waals surface area contributed by atoms with Crippen LogP contribution < -0.4 is 15.4 Å². The van der Waals surface area contributed by atoms with Crippen molar-refractivity contribution in [2.75, 3.05) is 31.1 Å². The van der Waals surface area contributed by atoms with Gasteiger partial charge in [-0.15, -0.1) is 0 Å². The Hall–Kier alpha value is -3.03. The van der Waals surface area contributed by atoms with E-state index in [1.165, 1.54) is 0 Å². The summed E-state index contributed by atoms with van der Waals surface area (Å²) < 4.78 is 5.88. The summed E-state index contributed by atoms with van der Waals surface area (Å²) in [6.07, 6.45) is 1.66. The van der Waals surface area contributed by atoms with Gasteiger partial charge in [-0.3, -0.25) is 4.79 Å². The first kappa shape index (κ1) is 20.3. The second-order valence-corrected chi connectivity index (χ2v) is 8.13. The molecule has 4 rings (SSSR count). The summed E-state index contributed by atoms with van der Waals surface area (Å²) in [7, 11) is 0. The first-order chi connectivity index (χ1) is 14.3. The third kappa shape index (κ3) is 3.20. The molecule has 2 aromatic rings. The number of urea groups is 1.